The van der Waals surface area contributed by atoms with Gasteiger partial charge in [0.15, 0.2) is 0 Å². The van der Waals surface area contributed by atoms with Gasteiger partial charge in [0.25, 0.3) is 5.91 Å². The van der Waals surface area contributed by atoms with E-state index in [9.17, 15) is 9.90 Å². The molecular formula is C13H16N4O2. The standard InChI is InChI=1S/C13H16N4O2/c1-3-10-11(7-17(2)16-10)15-13(19)8-4-5-9(14)12(18)6-8/h4-7,18H,3,14H2,1-2H3,(H,15,19). The van der Waals surface area contributed by atoms with E-state index in [-0.39, 0.29) is 17.3 Å². The van der Waals surface area contributed by atoms with Crippen LogP contribution in [-0.4, -0.2) is 20.8 Å². The number of nitrogens with zero attached hydrogens (tertiary/aromatic N) is 2. The number of carbonyl (C=O) groups is 1. The van der Waals surface area contributed by atoms with Gasteiger partial charge >= 0.3 is 0 Å². The van der Waals surface area contributed by atoms with E-state index in [1.807, 2.05) is 6.92 Å². The van der Waals surface area contributed by atoms with Crippen molar-refractivity contribution >= 4 is 17.3 Å². The fourth-order valence-electron chi connectivity index (χ4n) is 1.78. The van der Waals surface area contributed by atoms with E-state index in [2.05, 4.69) is 10.4 Å². The van der Waals surface area contributed by atoms with Gasteiger partial charge in [-0.15, -0.1) is 0 Å². The van der Waals surface area contributed by atoms with Crippen LogP contribution in [0.5, 0.6) is 5.75 Å². The normalized spacial score (nSPS) is 10.4. The molecule has 19 heavy (non-hydrogen) atoms. The summed E-state index contributed by atoms with van der Waals surface area (Å²) in [4.78, 5) is 12.1. The first kappa shape index (κ1) is 12.9. The lowest BCUT2D eigenvalue weighted by molar-refractivity contribution is 0.102. The molecule has 1 heterocycles. The third-order valence-corrected chi connectivity index (χ3v) is 2.78. The molecule has 2 rings (SSSR count). The highest BCUT2D eigenvalue weighted by molar-refractivity contribution is 6.05. The van der Waals surface area contributed by atoms with Crippen LogP contribution >= 0.6 is 0 Å². The predicted molar refractivity (Wildman–Crippen MR) is 73.1 cm³/mol. The van der Waals surface area contributed by atoms with Gasteiger partial charge in [0, 0.05) is 18.8 Å². The second-order valence-corrected chi connectivity index (χ2v) is 4.24. The van der Waals surface area contributed by atoms with Crippen molar-refractivity contribution in [3.8, 4) is 5.75 Å². The molecule has 0 aliphatic rings. The third kappa shape index (κ3) is 2.67. The number of phenols is 1. The van der Waals surface area contributed by atoms with Gasteiger partial charge in [-0.25, -0.2) is 0 Å². The monoisotopic (exact) mass is 260 g/mol. The number of aromatic nitrogens is 2. The van der Waals surface area contributed by atoms with Crippen molar-refractivity contribution in [2.75, 3.05) is 11.1 Å². The van der Waals surface area contributed by atoms with Gasteiger partial charge in [-0.05, 0) is 24.6 Å². The van der Waals surface area contributed by atoms with Crippen molar-refractivity contribution in [1.29, 1.82) is 0 Å². The van der Waals surface area contributed by atoms with Crippen LogP contribution in [0.25, 0.3) is 0 Å². The second-order valence-electron chi connectivity index (χ2n) is 4.24. The Morgan fingerprint density at radius 3 is 2.89 bits per heavy atom. The molecular weight excluding hydrogens is 244 g/mol. The summed E-state index contributed by atoms with van der Waals surface area (Å²) >= 11 is 0. The summed E-state index contributed by atoms with van der Waals surface area (Å²) in [6.45, 7) is 1.97. The molecule has 0 bridgehead atoms. The number of amides is 1. The SMILES string of the molecule is CCc1nn(C)cc1NC(=O)c1ccc(N)c(O)c1. The Labute approximate surface area is 110 Å². The van der Waals surface area contributed by atoms with Gasteiger partial charge in [-0.1, -0.05) is 6.92 Å². The zero-order chi connectivity index (χ0) is 14.0. The molecule has 1 aromatic heterocycles. The summed E-state index contributed by atoms with van der Waals surface area (Å²) in [6, 6.07) is 4.40. The Kier molecular flexibility index (Phi) is 3.41. The lowest BCUT2D eigenvalue weighted by atomic mass is 10.1. The van der Waals surface area contributed by atoms with Crippen LogP contribution in [-0.2, 0) is 13.5 Å². The molecule has 0 atom stereocenters. The average molecular weight is 260 g/mol. The summed E-state index contributed by atoms with van der Waals surface area (Å²) in [7, 11) is 1.80. The molecule has 0 aliphatic heterocycles. The van der Waals surface area contributed by atoms with Crippen molar-refractivity contribution < 1.29 is 9.90 Å². The first-order valence-electron chi connectivity index (χ1n) is 5.93. The topological polar surface area (TPSA) is 93.2 Å². The minimum atomic E-state index is -0.307. The summed E-state index contributed by atoms with van der Waals surface area (Å²) in [5.74, 6) is -0.410. The van der Waals surface area contributed by atoms with Gasteiger partial charge in [-0.2, -0.15) is 5.10 Å². The molecule has 0 fully saturated rings. The zero-order valence-corrected chi connectivity index (χ0v) is 10.8. The van der Waals surface area contributed by atoms with Crippen molar-refractivity contribution in [2.45, 2.75) is 13.3 Å². The number of nitrogen functional groups attached to an aromatic ring is 1. The molecule has 0 aliphatic carbocycles. The Morgan fingerprint density at radius 2 is 2.26 bits per heavy atom. The van der Waals surface area contributed by atoms with Gasteiger partial charge < -0.3 is 16.2 Å². The number of aryl methyl sites for hydroxylation is 2. The Morgan fingerprint density at radius 1 is 1.53 bits per heavy atom. The van der Waals surface area contributed by atoms with Crippen LogP contribution in [0.15, 0.2) is 24.4 Å². The van der Waals surface area contributed by atoms with Crippen molar-refractivity contribution in [1.82, 2.24) is 9.78 Å². The summed E-state index contributed by atoms with van der Waals surface area (Å²) in [5.41, 5.74) is 7.57. The minimum Gasteiger partial charge on any atom is -0.506 e. The highest BCUT2D eigenvalue weighted by atomic mass is 16.3. The van der Waals surface area contributed by atoms with E-state index in [1.54, 1.807) is 24.0 Å². The molecule has 0 radical (unpaired) electrons. The quantitative estimate of drug-likeness (QED) is 0.576. The summed E-state index contributed by atoms with van der Waals surface area (Å²) in [6.07, 6.45) is 2.47. The summed E-state index contributed by atoms with van der Waals surface area (Å²) in [5, 5.41) is 16.5. The maximum atomic E-state index is 12.1. The molecule has 0 saturated heterocycles. The van der Waals surface area contributed by atoms with Gasteiger partial charge in [0.2, 0.25) is 0 Å². The fourth-order valence-corrected chi connectivity index (χ4v) is 1.78. The number of rotatable bonds is 3. The van der Waals surface area contributed by atoms with E-state index in [4.69, 9.17) is 5.73 Å². The average Bonchev–Trinajstić information content (AvgIpc) is 2.72. The number of nitrogens with two attached hydrogens (primary N) is 1. The van der Waals surface area contributed by atoms with Gasteiger partial charge in [-0.3, -0.25) is 9.48 Å². The van der Waals surface area contributed by atoms with Gasteiger partial charge in [0.05, 0.1) is 17.1 Å². The lowest BCUT2D eigenvalue weighted by Crippen LogP contribution is -2.12. The number of aromatic hydroxyl groups is 1. The van der Waals surface area contributed by atoms with Crippen LogP contribution in [0.1, 0.15) is 23.0 Å². The maximum absolute atomic E-state index is 12.1. The number of hydrogen-bond acceptors (Lipinski definition) is 4. The molecule has 1 amide bonds. The lowest BCUT2D eigenvalue weighted by Gasteiger charge is -2.06. The number of phenolic OH excluding ortho intramolecular Hbond substituents is 1. The highest BCUT2D eigenvalue weighted by Crippen LogP contribution is 2.22. The number of carbonyl (C=O) groups excluding carboxylic acids is 1. The molecule has 0 unspecified atom stereocenters. The van der Waals surface area contributed by atoms with E-state index < -0.39 is 0 Å². The minimum absolute atomic E-state index is 0.102. The zero-order valence-electron chi connectivity index (χ0n) is 10.8. The van der Waals surface area contributed by atoms with Crippen molar-refractivity contribution in [2.24, 2.45) is 7.05 Å². The first-order chi connectivity index (χ1) is 9.01. The van der Waals surface area contributed by atoms with E-state index in [1.165, 1.54) is 12.1 Å². The number of nitrogens with one attached hydrogen (secondary N) is 1. The molecule has 6 nitrogen and oxygen atoms in total. The first-order valence-corrected chi connectivity index (χ1v) is 5.93. The van der Waals surface area contributed by atoms with Crippen LogP contribution in [0.4, 0.5) is 11.4 Å². The smallest absolute Gasteiger partial charge is 0.255 e. The van der Waals surface area contributed by atoms with Crippen LogP contribution in [0.3, 0.4) is 0 Å². The van der Waals surface area contributed by atoms with Gasteiger partial charge in [0.1, 0.15) is 5.75 Å². The predicted octanol–water partition coefficient (Wildman–Crippen LogP) is 1.52. The van der Waals surface area contributed by atoms with Crippen LogP contribution in [0, 0.1) is 0 Å². The molecule has 0 saturated carbocycles. The third-order valence-electron chi connectivity index (χ3n) is 2.78. The number of benzene rings is 1. The molecule has 6 heteroatoms. The molecule has 100 valence electrons. The highest BCUT2D eigenvalue weighted by Gasteiger charge is 2.12. The maximum Gasteiger partial charge on any atom is 0.255 e. The number of anilines is 2. The molecule has 2 aromatic rings. The van der Waals surface area contributed by atoms with E-state index in [0.717, 1.165) is 12.1 Å². The number of hydrogen-bond donors (Lipinski definition) is 3. The fraction of sp³-hybridized carbons (Fsp3) is 0.231. The Hall–Kier alpha value is -2.50. The molecule has 4 N–H and O–H groups in total. The van der Waals surface area contributed by atoms with Crippen molar-refractivity contribution in [3.63, 3.8) is 0 Å². The largest absolute Gasteiger partial charge is 0.506 e. The Balaban J connectivity index is 2.22. The van der Waals surface area contributed by atoms with Crippen LogP contribution < -0.4 is 11.1 Å². The van der Waals surface area contributed by atoms with Crippen LogP contribution in [0.2, 0.25) is 0 Å². The summed E-state index contributed by atoms with van der Waals surface area (Å²) < 4.78 is 1.65. The molecule has 0 spiro atoms. The Bertz CT molecular complexity index is 619. The van der Waals surface area contributed by atoms with E-state index in [0.29, 0.717) is 11.3 Å². The van der Waals surface area contributed by atoms with E-state index >= 15 is 0 Å². The van der Waals surface area contributed by atoms with Crippen molar-refractivity contribution in [3.05, 3.63) is 35.7 Å². The molecule has 1 aromatic carbocycles. The second kappa shape index (κ2) is 5.01.